The molecular weight excluding hydrogens is 490 g/mol. The van der Waals surface area contributed by atoms with Gasteiger partial charge in [-0.25, -0.2) is 14.6 Å². The Morgan fingerprint density at radius 3 is 2.43 bits per heavy atom. The fraction of sp³-hybridized carbons (Fsp3) is 0.444. The van der Waals surface area contributed by atoms with Gasteiger partial charge in [0.2, 0.25) is 0 Å². The molecule has 9 nitrogen and oxygen atoms in total. The molecule has 2 N–H and O–H groups in total. The number of carbonyl (C=O) groups excluding carboxylic acids is 1. The molecule has 10 heteroatoms. The standard InChI is InChI=1S/C27H37N3O6Si/c1-27(2,3)36-26(33)29-22(25(31)32)17-19-7-9-20(10-8-19)35-23-11-13-28-24-21(23)12-14-30(24)18-34-15-16-37(4,5)6/h7-14,22H,15-18H2,1-6H3,(H,29,33)(H,31,32). The third-order valence-electron chi connectivity index (χ3n) is 5.43. The van der Waals surface area contributed by atoms with Crippen molar-refractivity contribution in [3.63, 3.8) is 0 Å². The van der Waals surface area contributed by atoms with E-state index in [2.05, 4.69) is 29.9 Å². The number of rotatable bonds is 11. The average Bonchev–Trinajstić information content (AvgIpc) is 3.19. The van der Waals surface area contributed by atoms with Crippen LogP contribution < -0.4 is 10.1 Å². The number of carboxylic acids is 1. The lowest BCUT2D eigenvalue weighted by Crippen LogP contribution is -2.44. The van der Waals surface area contributed by atoms with Gasteiger partial charge < -0.3 is 29.2 Å². The summed E-state index contributed by atoms with van der Waals surface area (Å²) in [6, 6.07) is 10.8. The van der Waals surface area contributed by atoms with E-state index in [0.717, 1.165) is 29.2 Å². The summed E-state index contributed by atoms with van der Waals surface area (Å²) in [5, 5.41) is 12.8. The average molecular weight is 528 g/mol. The zero-order valence-electron chi connectivity index (χ0n) is 22.4. The molecule has 0 radical (unpaired) electrons. The summed E-state index contributed by atoms with van der Waals surface area (Å²) >= 11 is 0. The van der Waals surface area contributed by atoms with Crippen LogP contribution in [0.4, 0.5) is 4.79 Å². The second-order valence-corrected chi connectivity index (χ2v) is 16.8. The molecule has 37 heavy (non-hydrogen) atoms. The first-order chi connectivity index (χ1) is 17.3. The molecule has 0 aliphatic carbocycles. The quantitative estimate of drug-likeness (QED) is 0.244. The van der Waals surface area contributed by atoms with Crippen molar-refractivity contribution in [3.05, 3.63) is 54.4 Å². The Balaban J connectivity index is 1.63. The summed E-state index contributed by atoms with van der Waals surface area (Å²) < 4.78 is 19.1. The SMILES string of the molecule is CC(C)(C)OC(=O)NC(Cc1ccc(Oc2ccnc3c2ccn3COCC[Si](C)(C)C)cc1)C(=O)O. The minimum Gasteiger partial charge on any atom is -0.480 e. The van der Waals surface area contributed by atoms with E-state index in [-0.39, 0.29) is 6.42 Å². The van der Waals surface area contributed by atoms with Crippen LogP contribution >= 0.6 is 0 Å². The summed E-state index contributed by atoms with van der Waals surface area (Å²) in [6.07, 6.45) is 2.97. The molecule has 3 rings (SSSR count). The lowest BCUT2D eigenvalue weighted by molar-refractivity contribution is -0.139. The summed E-state index contributed by atoms with van der Waals surface area (Å²) in [5.74, 6) is 0.121. The monoisotopic (exact) mass is 527 g/mol. The van der Waals surface area contributed by atoms with E-state index in [4.69, 9.17) is 14.2 Å². The van der Waals surface area contributed by atoms with Crippen molar-refractivity contribution in [1.82, 2.24) is 14.9 Å². The van der Waals surface area contributed by atoms with E-state index in [0.29, 0.717) is 18.2 Å². The van der Waals surface area contributed by atoms with Crippen molar-refractivity contribution in [2.75, 3.05) is 6.61 Å². The van der Waals surface area contributed by atoms with Crippen molar-refractivity contribution in [2.45, 2.75) is 71.3 Å². The molecule has 1 unspecified atom stereocenters. The number of carboxylic acid groups (broad SMARTS) is 1. The molecule has 0 saturated heterocycles. The van der Waals surface area contributed by atoms with Gasteiger partial charge in [0.05, 0.1) is 5.39 Å². The van der Waals surface area contributed by atoms with Crippen LogP contribution in [0.5, 0.6) is 11.5 Å². The van der Waals surface area contributed by atoms with E-state index in [1.165, 1.54) is 0 Å². The van der Waals surface area contributed by atoms with E-state index in [1.807, 2.05) is 16.8 Å². The third kappa shape index (κ3) is 8.90. The highest BCUT2D eigenvalue weighted by molar-refractivity contribution is 6.76. The van der Waals surface area contributed by atoms with Gasteiger partial charge in [-0.15, -0.1) is 0 Å². The predicted octanol–water partition coefficient (Wildman–Crippen LogP) is 5.66. The summed E-state index contributed by atoms with van der Waals surface area (Å²) in [5.41, 5.74) is 0.795. The van der Waals surface area contributed by atoms with E-state index >= 15 is 0 Å². The number of fused-ring (bicyclic) bond motifs is 1. The van der Waals surface area contributed by atoms with Crippen LogP contribution in [0.1, 0.15) is 26.3 Å². The molecule has 0 fully saturated rings. The molecule has 2 heterocycles. The van der Waals surface area contributed by atoms with Crippen LogP contribution in [-0.4, -0.2) is 53.0 Å². The van der Waals surface area contributed by atoms with Crippen molar-refractivity contribution in [3.8, 4) is 11.5 Å². The van der Waals surface area contributed by atoms with Crippen molar-refractivity contribution < 1.29 is 28.9 Å². The first-order valence-electron chi connectivity index (χ1n) is 12.3. The number of aromatic nitrogens is 2. The molecule has 0 spiro atoms. The Labute approximate surface area is 218 Å². The number of aliphatic carboxylic acids is 1. The Hall–Kier alpha value is -3.37. The maximum atomic E-state index is 12.0. The van der Waals surface area contributed by atoms with Crippen molar-refractivity contribution in [1.29, 1.82) is 0 Å². The number of hydrogen-bond acceptors (Lipinski definition) is 6. The van der Waals surface area contributed by atoms with Crippen molar-refractivity contribution >= 4 is 31.2 Å². The molecule has 0 aliphatic rings. The van der Waals surface area contributed by atoms with Gasteiger partial charge >= 0.3 is 12.1 Å². The first kappa shape index (κ1) is 28.2. The largest absolute Gasteiger partial charge is 0.480 e. The van der Waals surface area contributed by atoms with Gasteiger partial charge in [-0.1, -0.05) is 31.8 Å². The predicted molar refractivity (Wildman–Crippen MR) is 145 cm³/mol. The molecule has 0 bridgehead atoms. The summed E-state index contributed by atoms with van der Waals surface area (Å²) in [6.45, 7) is 13.3. The normalized spacial score (nSPS) is 12.8. The zero-order valence-corrected chi connectivity index (χ0v) is 23.4. The van der Waals surface area contributed by atoms with Gasteiger partial charge in [0.1, 0.15) is 35.5 Å². The van der Waals surface area contributed by atoms with Gasteiger partial charge in [0, 0.05) is 33.5 Å². The minimum atomic E-state index is -1.14. The number of pyridine rings is 1. The molecule has 3 aromatic rings. The van der Waals surface area contributed by atoms with Gasteiger partial charge in [0.25, 0.3) is 0 Å². The number of ether oxygens (including phenoxy) is 3. The summed E-state index contributed by atoms with van der Waals surface area (Å²) in [7, 11) is -1.14. The fourth-order valence-electron chi connectivity index (χ4n) is 3.51. The molecule has 1 atom stereocenters. The second kappa shape index (κ2) is 11.8. The molecule has 2 aromatic heterocycles. The number of alkyl carbamates (subject to hydrolysis) is 1. The molecule has 0 saturated carbocycles. The number of hydrogen-bond donors (Lipinski definition) is 2. The molecule has 1 aromatic carbocycles. The van der Waals surface area contributed by atoms with Crippen LogP contribution in [0.3, 0.4) is 0 Å². The Morgan fingerprint density at radius 1 is 1.11 bits per heavy atom. The van der Waals surface area contributed by atoms with E-state index < -0.39 is 31.8 Å². The van der Waals surface area contributed by atoms with Gasteiger partial charge in [0.15, 0.2) is 0 Å². The third-order valence-corrected chi connectivity index (χ3v) is 7.13. The number of nitrogens with zero attached hydrogens (tertiary/aromatic N) is 2. The van der Waals surface area contributed by atoms with Crippen LogP contribution in [0.15, 0.2) is 48.8 Å². The van der Waals surface area contributed by atoms with Crippen LogP contribution in [0, 0.1) is 0 Å². The topological polar surface area (TPSA) is 112 Å². The molecule has 1 amide bonds. The first-order valence-corrected chi connectivity index (χ1v) is 16.0. The number of carbonyl (C=O) groups is 2. The van der Waals surface area contributed by atoms with Gasteiger partial charge in [-0.05, 0) is 56.6 Å². The minimum absolute atomic E-state index is 0.106. The van der Waals surface area contributed by atoms with Crippen LogP contribution in [0.25, 0.3) is 11.0 Å². The number of amides is 1. The Bertz CT molecular complexity index is 1210. The maximum absolute atomic E-state index is 12.0. The van der Waals surface area contributed by atoms with Crippen LogP contribution in [0.2, 0.25) is 25.7 Å². The number of nitrogens with one attached hydrogen (secondary N) is 1. The lowest BCUT2D eigenvalue weighted by atomic mass is 10.1. The fourth-order valence-corrected chi connectivity index (χ4v) is 4.26. The Kier molecular flexibility index (Phi) is 8.98. The van der Waals surface area contributed by atoms with Gasteiger partial charge in [-0.2, -0.15) is 0 Å². The highest BCUT2D eigenvalue weighted by Gasteiger charge is 2.24. The zero-order chi connectivity index (χ0) is 27.2. The Morgan fingerprint density at radius 2 is 1.81 bits per heavy atom. The smallest absolute Gasteiger partial charge is 0.408 e. The van der Waals surface area contributed by atoms with Gasteiger partial charge in [-0.3, -0.25) is 0 Å². The molecule has 200 valence electrons. The maximum Gasteiger partial charge on any atom is 0.408 e. The van der Waals surface area contributed by atoms with Crippen LogP contribution in [-0.2, 0) is 27.4 Å². The summed E-state index contributed by atoms with van der Waals surface area (Å²) in [4.78, 5) is 28.2. The lowest BCUT2D eigenvalue weighted by Gasteiger charge is -2.22. The van der Waals surface area contributed by atoms with Crippen molar-refractivity contribution in [2.24, 2.45) is 0 Å². The number of benzene rings is 1. The van der Waals surface area contributed by atoms with E-state index in [9.17, 15) is 14.7 Å². The molecular formula is C27H37N3O6Si. The van der Waals surface area contributed by atoms with E-state index in [1.54, 1.807) is 57.3 Å². The molecule has 0 aliphatic heterocycles. The second-order valence-electron chi connectivity index (χ2n) is 11.2. The highest BCUT2D eigenvalue weighted by atomic mass is 28.3. The highest BCUT2D eigenvalue weighted by Crippen LogP contribution is 2.30.